The summed E-state index contributed by atoms with van der Waals surface area (Å²) in [7, 11) is 0. The van der Waals surface area contributed by atoms with E-state index >= 15 is 0 Å². The lowest BCUT2D eigenvalue weighted by atomic mass is 10.2. The summed E-state index contributed by atoms with van der Waals surface area (Å²) in [6.07, 6.45) is 1.76. The van der Waals surface area contributed by atoms with Crippen molar-refractivity contribution in [1.82, 2.24) is 4.98 Å². The quantitative estimate of drug-likeness (QED) is 0.634. The van der Waals surface area contributed by atoms with Gasteiger partial charge in [0.1, 0.15) is 5.69 Å². The Bertz CT molecular complexity index is 374. The third-order valence-corrected chi connectivity index (χ3v) is 1.39. The zero-order chi connectivity index (χ0) is 9.68. The Labute approximate surface area is 77.0 Å². The third kappa shape index (κ3) is 3.39. The van der Waals surface area contributed by atoms with E-state index in [1.165, 1.54) is 0 Å². The lowest BCUT2D eigenvalue weighted by Crippen LogP contribution is -2.08. The predicted molar refractivity (Wildman–Crippen MR) is 49.7 cm³/mol. The zero-order valence-electron chi connectivity index (χ0n) is 7.37. The number of aromatic nitrogens is 1. The molecular weight excluding hydrogens is 164 g/mol. The smallest absolute Gasteiger partial charge is 0.229 e. The van der Waals surface area contributed by atoms with Gasteiger partial charge in [-0.05, 0) is 30.5 Å². The number of carbonyl (C=O) groups is 1. The van der Waals surface area contributed by atoms with Crippen molar-refractivity contribution in [3.63, 3.8) is 0 Å². The van der Waals surface area contributed by atoms with Crippen molar-refractivity contribution in [2.24, 2.45) is 5.73 Å². The number of hydrogen-bond donors (Lipinski definition) is 1. The standard InChI is InChI=1S/C10H10N2O/c1-8-5-6-12-9(7-8)3-2-4-10(11)13/h5-7H,4H2,1H3,(H2,11,13). The van der Waals surface area contributed by atoms with E-state index in [1.807, 2.05) is 19.1 Å². The van der Waals surface area contributed by atoms with Crippen molar-refractivity contribution in [3.05, 3.63) is 29.6 Å². The molecule has 1 aromatic rings. The van der Waals surface area contributed by atoms with Crippen LogP contribution < -0.4 is 5.73 Å². The summed E-state index contributed by atoms with van der Waals surface area (Å²) in [6, 6.07) is 3.74. The lowest BCUT2D eigenvalue weighted by molar-refractivity contribution is -0.117. The summed E-state index contributed by atoms with van der Waals surface area (Å²) in [6.45, 7) is 1.96. The first-order valence-electron chi connectivity index (χ1n) is 3.88. The summed E-state index contributed by atoms with van der Waals surface area (Å²) >= 11 is 0. The highest BCUT2D eigenvalue weighted by atomic mass is 16.1. The highest BCUT2D eigenvalue weighted by Gasteiger charge is 1.89. The Balaban J connectivity index is 2.72. The van der Waals surface area contributed by atoms with Crippen LogP contribution in [0.2, 0.25) is 0 Å². The number of nitrogens with zero attached hydrogens (tertiary/aromatic N) is 1. The van der Waals surface area contributed by atoms with E-state index in [9.17, 15) is 4.79 Å². The van der Waals surface area contributed by atoms with Gasteiger partial charge in [0, 0.05) is 6.20 Å². The highest BCUT2D eigenvalue weighted by Crippen LogP contribution is 1.97. The van der Waals surface area contributed by atoms with E-state index in [1.54, 1.807) is 6.20 Å². The maximum atomic E-state index is 10.4. The molecule has 66 valence electrons. The fraction of sp³-hybridized carbons (Fsp3) is 0.200. The molecule has 2 N–H and O–H groups in total. The molecule has 3 nitrogen and oxygen atoms in total. The molecule has 0 aromatic carbocycles. The average Bonchev–Trinajstić information content (AvgIpc) is 2.03. The molecule has 0 spiro atoms. The minimum absolute atomic E-state index is 0.0790. The molecule has 1 aromatic heterocycles. The normalized spacial score (nSPS) is 8.69. The van der Waals surface area contributed by atoms with Crippen LogP contribution in [0.25, 0.3) is 0 Å². The first kappa shape index (κ1) is 9.27. The first-order valence-corrected chi connectivity index (χ1v) is 3.88. The molecule has 0 saturated heterocycles. The van der Waals surface area contributed by atoms with Crippen LogP contribution in [-0.4, -0.2) is 10.9 Å². The third-order valence-electron chi connectivity index (χ3n) is 1.39. The Kier molecular flexibility index (Phi) is 3.04. The van der Waals surface area contributed by atoms with Crippen LogP contribution in [0.5, 0.6) is 0 Å². The molecular formula is C10H10N2O. The van der Waals surface area contributed by atoms with E-state index in [0.29, 0.717) is 5.69 Å². The molecule has 0 radical (unpaired) electrons. The van der Waals surface area contributed by atoms with Crippen molar-refractivity contribution in [2.75, 3.05) is 0 Å². The Morgan fingerprint density at radius 3 is 3.08 bits per heavy atom. The van der Waals surface area contributed by atoms with Gasteiger partial charge in [0.25, 0.3) is 0 Å². The number of hydrogen-bond acceptors (Lipinski definition) is 2. The first-order chi connectivity index (χ1) is 6.18. The molecule has 0 unspecified atom stereocenters. The van der Waals surface area contributed by atoms with E-state index in [4.69, 9.17) is 5.73 Å². The monoisotopic (exact) mass is 174 g/mol. The molecule has 0 aliphatic carbocycles. The van der Waals surface area contributed by atoms with Gasteiger partial charge < -0.3 is 5.73 Å². The summed E-state index contributed by atoms with van der Waals surface area (Å²) in [5, 5.41) is 0. The number of aryl methyl sites for hydroxylation is 1. The molecule has 1 amide bonds. The zero-order valence-corrected chi connectivity index (χ0v) is 7.37. The molecule has 0 fully saturated rings. The average molecular weight is 174 g/mol. The van der Waals surface area contributed by atoms with Crippen LogP contribution in [0, 0.1) is 18.8 Å². The van der Waals surface area contributed by atoms with Crippen LogP contribution in [0.1, 0.15) is 17.7 Å². The molecule has 0 bridgehead atoms. The maximum absolute atomic E-state index is 10.4. The van der Waals surface area contributed by atoms with Gasteiger partial charge in [-0.1, -0.05) is 5.92 Å². The summed E-state index contributed by atoms with van der Waals surface area (Å²) in [5.41, 5.74) is 6.69. The number of rotatable bonds is 1. The van der Waals surface area contributed by atoms with Crippen molar-refractivity contribution in [2.45, 2.75) is 13.3 Å². The predicted octanol–water partition coefficient (Wildman–Crippen LogP) is 0.617. The number of primary amides is 1. The van der Waals surface area contributed by atoms with Gasteiger partial charge in [-0.2, -0.15) is 0 Å². The van der Waals surface area contributed by atoms with Gasteiger partial charge in [0.2, 0.25) is 5.91 Å². The Hall–Kier alpha value is -1.82. The van der Waals surface area contributed by atoms with Crippen LogP contribution in [0.15, 0.2) is 18.3 Å². The van der Waals surface area contributed by atoms with Gasteiger partial charge in [-0.3, -0.25) is 4.79 Å². The van der Waals surface area contributed by atoms with Gasteiger partial charge in [-0.25, -0.2) is 4.98 Å². The second-order valence-electron chi connectivity index (χ2n) is 2.66. The molecule has 13 heavy (non-hydrogen) atoms. The van der Waals surface area contributed by atoms with E-state index in [0.717, 1.165) is 5.56 Å². The van der Waals surface area contributed by atoms with Gasteiger partial charge in [0.05, 0.1) is 6.42 Å². The fourth-order valence-electron chi connectivity index (χ4n) is 0.826. The van der Waals surface area contributed by atoms with Crippen molar-refractivity contribution in [3.8, 4) is 11.8 Å². The maximum Gasteiger partial charge on any atom is 0.229 e. The van der Waals surface area contributed by atoms with E-state index < -0.39 is 5.91 Å². The van der Waals surface area contributed by atoms with Gasteiger partial charge in [-0.15, -0.1) is 0 Å². The summed E-state index contributed by atoms with van der Waals surface area (Å²) in [4.78, 5) is 14.4. The van der Waals surface area contributed by atoms with Crippen molar-refractivity contribution >= 4 is 5.91 Å². The number of carbonyl (C=O) groups excluding carboxylic acids is 1. The summed E-state index contributed by atoms with van der Waals surface area (Å²) in [5.74, 6) is 4.98. The molecule has 0 aliphatic heterocycles. The Morgan fingerprint density at radius 1 is 1.69 bits per heavy atom. The van der Waals surface area contributed by atoms with Crippen LogP contribution in [-0.2, 0) is 4.79 Å². The lowest BCUT2D eigenvalue weighted by Gasteiger charge is -1.90. The number of pyridine rings is 1. The van der Waals surface area contributed by atoms with Crippen LogP contribution >= 0.6 is 0 Å². The van der Waals surface area contributed by atoms with E-state index in [-0.39, 0.29) is 6.42 Å². The second kappa shape index (κ2) is 4.27. The van der Waals surface area contributed by atoms with Gasteiger partial charge in [0.15, 0.2) is 0 Å². The van der Waals surface area contributed by atoms with E-state index in [2.05, 4.69) is 16.8 Å². The second-order valence-corrected chi connectivity index (χ2v) is 2.66. The fourth-order valence-corrected chi connectivity index (χ4v) is 0.826. The molecule has 1 heterocycles. The molecule has 0 saturated carbocycles. The summed E-state index contributed by atoms with van der Waals surface area (Å²) < 4.78 is 0. The number of amides is 1. The van der Waals surface area contributed by atoms with Crippen LogP contribution in [0.4, 0.5) is 0 Å². The highest BCUT2D eigenvalue weighted by molar-refractivity contribution is 5.76. The molecule has 0 aliphatic rings. The van der Waals surface area contributed by atoms with Gasteiger partial charge >= 0.3 is 0 Å². The SMILES string of the molecule is Cc1ccnc(C#CCC(N)=O)c1. The van der Waals surface area contributed by atoms with Crippen molar-refractivity contribution < 1.29 is 4.79 Å². The molecule has 1 rings (SSSR count). The van der Waals surface area contributed by atoms with Crippen molar-refractivity contribution in [1.29, 1.82) is 0 Å². The largest absolute Gasteiger partial charge is 0.369 e. The Morgan fingerprint density at radius 2 is 2.46 bits per heavy atom. The topological polar surface area (TPSA) is 56.0 Å². The van der Waals surface area contributed by atoms with Crippen LogP contribution in [0.3, 0.4) is 0 Å². The minimum atomic E-state index is -0.417. The molecule has 3 heteroatoms. The minimum Gasteiger partial charge on any atom is -0.369 e. The number of nitrogens with two attached hydrogens (primary N) is 1. The molecule has 0 atom stereocenters.